The fraction of sp³-hybridized carbons (Fsp3) is 0.222. The van der Waals surface area contributed by atoms with Crippen LogP contribution in [-0.4, -0.2) is 23.3 Å². The van der Waals surface area contributed by atoms with Gasteiger partial charge in [0.25, 0.3) is 0 Å². The van der Waals surface area contributed by atoms with Gasteiger partial charge in [-0.05, 0) is 19.1 Å². The van der Waals surface area contributed by atoms with E-state index in [1.54, 1.807) is 12.1 Å². The maximum absolute atomic E-state index is 11.0. The fourth-order valence-electron chi connectivity index (χ4n) is 0.841. The summed E-state index contributed by atoms with van der Waals surface area (Å²) in [5, 5.41) is 11.8. The van der Waals surface area contributed by atoms with Crippen molar-refractivity contribution < 1.29 is 10.0 Å². The summed E-state index contributed by atoms with van der Waals surface area (Å²) in [4.78, 5) is 11.0. The molecule has 0 heterocycles. The fourth-order valence-corrected chi connectivity index (χ4v) is 0.841. The van der Waals surface area contributed by atoms with Gasteiger partial charge in [0.15, 0.2) is 0 Å². The molecule has 0 bridgehead atoms. The number of amides is 2. The van der Waals surface area contributed by atoms with Crippen molar-refractivity contribution in [2.24, 2.45) is 0 Å². The molecule has 0 aliphatic rings. The summed E-state index contributed by atoms with van der Waals surface area (Å²) in [5.74, 6) is 0. The van der Waals surface area contributed by atoms with Gasteiger partial charge in [0, 0.05) is 12.7 Å². The molecule has 1 aromatic rings. The van der Waals surface area contributed by atoms with Crippen LogP contribution in [0.4, 0.5) is 10.5 Å². The van der Waals surface area contributed by atoms with Crippen LogP contribution in [0.2, 0.25) is 0 Å². The third kappa shape index (κ3) is 2.76. The van der Waals surface area contributed by atoms with Crippen molar-refractivity contribution in [2.75, 3.05) is 12.4 Å². The van der Waals surface area contributed by atoms with Gasteiger partial charge < -0.3 is 5.32 Å². The molecule has 0 aliphatic heterocycles. The molecule has 1 aromatic carbocycles. The summed E-state index contributed by atoms with van der Waals surface area (Å²) in [6.07, 6.45) is 0. The highest BCUT2D eigenvalue weighted by atomic mass is 16.5. The van der Waals surface area contributed by atoms with Crippen molar-refractivity contribution in [3.8, 4) is 0 Å². The Kier molecular flexibility index (Phi) is 2.87. The Hall–Kier alpha value is -1.55. The van der Waals surface area contributed by atoms with E-state index in [0.29, 0.717) is 10.8 Å². The van der Waals surface area contributed by atoms with E-state index in [2.05, 4.69) is 5.32 Å². The van der Waals surface area contributed by atoms with Crippen LogP contribution in [0, 0.1) is 6.92 Å². The second-order valence-electron chi connectivity index (χ2n) is 2.82. The average molecular weight is 180 g/mol. The molecule has 1 rings (SSSR count). The first kappa shape index (κ1) is 9.54. The molecule has 0 aliphatic carbocycles. The number of hydrogen-bond donors (Lipinski definition) is 2. The van der Waals surface area contributed by atoms with Crippen molar-refractivity contribution in [3.05, 3.63) is 29.8 Å². The molecule has 4 nitrogen and oxygen atoms in total. The number of carbonyl (C=O) groups is 1. The zero-order valence-corrected chi connectivity index (χ0v) is 7.61. The molecule has 0 saturated heterocycles. The van der Waals surface area contributed by atoms with E-state index in [1.165, 1.54) is 7.05 Å². The summed E-state index contributed by atoms with van der Waals surface area (Å²) in [6.45, 7) is 1.96. The topological polar surface area (TPSA) is 52.6 Å². The lowest BCUT2D eigenvalue weighted by Gasteiger charge is -2.09. The smallest absolute Gasteiger partial charge is 0.306 e. The molecule has 70 valence electrons. The predicted molar refractivity (Wildman–Crippen MR) is 49.7 cm³/mol. The number of aryl methyl sites for hydroxylation is 1. The molecule has 0 radical (unpaired) electrons. The molecule has 0 saturated carbocycles. The van der Waals surface area contributed by atoms with Crippen molar-refractivity contribution in [1.82, 2.24) is 5.06 Å². The van der Waals surface area contributed by atoms with Crippen LogP contribution < -0.4 is 5.32 Å². The zero-order chi connectivity index (χ0) is 9.84. The lowest BCUT2D eigenvalue weighted by atomic mass is 10.2. The van der Waals surface area contributed by atoms with E-state index in [1.807, 2.05) is 19.1 Å². The maximum Gasteiger partial charge on any atom is 0.345 e. The monoisotopic (exact) mass is 180 g/mol. The Bertz CT molecular complexity index is 293. The predicted octanol–water partition coefficient (Wildman–Crippen LogP) is 1.85. The highest BCUT2D eigenvalue weighted by Gasteiger charge is 2.03. The van der Waals surface area contributed by atoms with E-state index in [0.717, 1.165) is 5.56 Å². The minimum atomic E-state index is -0.552. The van der Waals surface area contributed by atoms with Crippen LogP contribution >= 0.6 is 0 Å². The molecule has 0 spiro atoms. The minimum Gasteiger partial charge on any atom is -0.306 e. The first-order valence-corrected chi connectivity index (χ1v) is 3.90. The normalized spacial score (nSPS) is 9.46. The quantitative estimate of drug-likeness (QED) is 0.512. The lowest BCUT2D eigenvalue weighted by molar-refractivity contribution is -0.0118. The third-order valence-corrected chi connectivity index (χ3v) is 1.60. The van der Waals surface area contributed by atoms with Gasteiger partial charge in [-0.1, -0.05) is 17.7 Å². The van der Waals surface area contributed by atoms with Crippen molar-refractivity contribution in [3.63, 3.8) is 0 Å². The number of nitrogens with one attached hydrogen (secondary N) is 1. The van der Waals surface area contributed by atoms with Crippen LogP contribution in [-0.2, 0) is 0 Å². The molecule has 0 fully saturated rings. The van der Waals surface area contributed by atoms with Crippen LogP contribution in [0.5, 0.6) is 0 Å². The first-order valence-electron chi connectivity index (χ1n) is 3.90. The summed E-state index contributed by atoms with van der Waals surface area (Å²) in [7, 11) is 1.27. The minimum absolute atomic E-state index is 0.500. The van der Waals surface area contributed by atoms with Gasteiger partial charge in [0.05, 0.1) is 0 Å². The van der Waals surface area contributed by atoms with Gasteiger partial charge >= 0.3 is 6.03 Å². The van der Waals surface area contributed by atoms with Crippen molar-refractivity contribution in [2.45, 2.75) is 6.92 Å². The van der Waals surface area contributed by atoms with E-state index in [4.69, 9.17) is 5.21 Å². The summed E-state index contributed by atoms with van der Waals surface area (Å²) >= 11 is 0. The SMILES string of the molecule is Cc1ccc(NC(=O)N(C)O)cc1. The highest BCUT2D eigenvalue weighted by molar-refractivity contribution is 5.88. The Morgan fingerprint density at radius 1 is 1.38 bits per heavy atom. The van der Waals surface area contributed by atoms with E-state index in [-0.39, 0.29) is 0 Å². The number of carbonyl (C=O) groups excluding carboxylic acids is 1. The summed E-state index contributed by atoms with van der Waals surface area (Å²) in [6, 6.07) is 6.76. The Balaban J connectivity index is 2.65. The molecule has 2 N–H and O–H groups in total. The van der Waals surface area contributed by atoms with Crippen molar-refractivity contribution >= 4 is 11.7 Å². The number of urea groups is 1. The second-order valence-corrected chi connectivity index (χ2v) is 2.82. The highest BCUT2D eigenvalue weighted by Crippen LogP contribution is 2.08. The Morgan fingerprint density at radius 2 is 1.92 bits per heavy atom. The van der Waals surface area contributed by atoms with Crippen LogP contribution in [0.25, 0.3) is 0 Å². The van der Waals surface area contributed by atoms with Gasteiger partial charge in [-0.25, -0.2) is 9.86 Å². The third-order valence-electron chi connectivity index (χ3n) is 1.60. The molecule has 2 amide bonds. The molecule has 0 atom stereocenters. The molecular formula is C9H12N2O2. The van der Waals surface area contributed by atoms with Gasteiger partial charge in [-0.2, -0.15) is 0 Å². The number of nitrogens with zero attached hydrogens (tertiary/aromatic N) is 1. The average Bonchev–Trinajstić information content (AvgIpc) is 2.08. The van der Waals surface area contributed by atoms with Crippen LogP contribution in [0.1, 0.15) is 5.56 Å². The Labute approximate surface area is 76.7 Å². The number of benzene rings is 1. The van der Waals surface area contributed by atoms with E-state index < -0.39 is 6.03 Å². The van der Waals surface area contributed by atoms with Gasteiger partial charge in [0.1, 0.15) is 0 Å². The molecule has 13 heavy (non-hydrogen) atoms. The lowest BCUT2D eigenvalue weighted by Crippen LogP contribution is -2.27. The molecule has 0 unspecified atom stereocenters. The second kappa shape index (κ2) is 3.91. The van der Waals surface area contributed by atoms with Gasteiger partial charge in [-0.15, -0.1) is 0 Å². The maximum atomic E-state index is 11.0. The van der Waals surface area contributed by atoms with E-state index in [9.17, 15) is 4.79 Å². The molecule has 0 aromatic heterocycles. The number of anilines is 1. The van der Waals surface area contributed by atoms with E-state index >= 15 is 0 Å². The Morgan fingerprint density at radius 3 is 2.38 bits per heavy atom. The standard InChI is InChI=1S/C9H12N2O2/c1-7-3-5-8(6-4-7)10-9(12)11(2)13/h3-6,13H,1-2H3,(H,10,12). The molecule has 4 heteroatoms. The zero-order valence-electron chi connectivity index (χ0n) is 7.61. The van der Waals surface area contributed by atoms with Crippen molar-refractivity contribution in [1.29, 1.82) is 0 Å². The number of hydrogen-bond acceptors (Lipinski definition) is 2. The van der Waals surface area contributed by atoms with Gasteiger partial charge in [0.2, 0.25) is 0 Å². The first-order chi connectivity index (χ1) is 6.09. The van der Waals surface area contributed by atoms with Crippen LogP contribution in [0.15, 0.2) is 24.3 Å². The number of hydroxylamine groups is 2. The number of rotatable bonds is 1. The summed E-state index contributed by atoms with van der Waals surface area (Å²) < 4.78 is 0. The largest absolute Gasteiger partial charge is 0.345 e. The summed E-state index contributed by atoms with van der Waals surface area (Å²) in [5.41, 5.74) is 1.78. The van der Waals surface area contributed by atoms with Gasteiger partial charge in [-0.3, -0.25) is 5.21 Å². The molecular weight excluding hydrogens is 168 g/mol. The van der Waals surface area contributed by atoms with Crippen LogP contribution in [0.3, 0.4) is 0 Å².